The molecule has 2 fully saturated rings. The Bertz CT molecular complexity index is 1460. The molecule has 5 rings (SSSR count). The Kier molecular flexibility index (Phi) is 10.2. The van der Waals surface area contributed by atoms with Crippen LogP contribution in [-0.2, 0) is 6.54 Å². The maximum Gasteiger partial charge on any atom is 0.573 e. The molecule has 0 unspecified atom stereocenters. The summed E-state index contributed by atoms with van der Waals surface area (Å²) in [7, 11) is 1.58. The maximum absolute atomic E-state index is 13.1. The van der Waals surface area contributed by atoms with Gasteiger partial charge in [0.25, 0.3) is 5.91 Å². The number of ether oxygens (including phenoxy) is 2. The van der Waals surface area contributed by atoms with E-state index in [1.54, 1.807) is 60.5 Å². The molecule has 11 heteroatoms. The van der Waals surface area contributed by atoms with Gasteiger partial charge in [-0.2, -0.15) is 0 Å². The number of aromatic nitrogens is 1. The number of hydrogen-bond donors (Lipinski definition) is 0. The molecule has 0 radical (unpaired) electrons. The van der Waals surface area contributed by atoms with Crippen molar-refractivity contribution in [2.75, 3.05) is 33.3 Å². The van der Waals surface area contributed by atoms with E-state index in [1.807, 2.05) is 0 Å². The molecule has 0 spiro atoms. The Balaban J connectivity index is 1.05. The number of rotatable bonds is 10. The van der Waals surface area contributed by atoms with Crippen molar-refractivity contribution in [3.63, 3.8) is 0 Å². The van der Waals surface area contributed by atoms with Gasteiger partial charge in [-0.3, -0.25) is 24.3 Å². The second-order valence-electron chi connectivity index (χ2n) is 11.6. The predicted octanol–water partition coefficient (Wildman–Crippen LogP) is 6.21. The van der Waals surface area contributed by atoms with Gasteiger partial charge in [-0.25, -0.2) is 0 Å². The molecule has 2 aliphatic rings. The van der Waals surface area contributed by atoms with Crippen molar-refractivity contribution in [1.82, 2.24) is 14.8 Å². The fraction of sp³-hybridized carbons (Fsp3) is 0.412. The molecule has 0 aliphatic carbocycles. The minimum absolute atomic E-state index is 0.0157. The third-order valence-electron chi connectivity index (χ3n) is 8.58. The average Bonchev–Trinajstić information content (AvgIpc) is 3.05. The highest BCUT2D eigenvalue weighted by atomic mass is 19.4. The van der Waals surface area contributed by atoms with E-state index in [0.29, 0.717) is 55.8 Å². The second kappa shape index (κ2) is 14.2. The molecular formula is C34H36F3N3O5. The summed E-state index contributed by atoms with van der Waals surface area (Å²) in [4.78, 5) is 47.2. The summed E-state index contributed by atoms with van der Waals surface area (Å²) in [5.74, 6) is 0.380. The Labute approximate surface area is 260 Å². The highest BCUT2D eigenvalue weighted by Crippen LogP contribution is 2.27. The first-order valence-corrected chi connectivity index (χ1v) is 15.1. The van der Waals surface area contributed by atoms with Crippen LogP contribution in [0.1, 0.15) is 68.9 Å². The summed E-state index contributed by atoms with van der Waals surface area (Å²) in [5.41, 5.74) is 2.28. The number of alkyl halides is 3. The van der Waals surface area contributed by atoms with Gasteiger partial charge in [0.05, 0.1) is 7.11 Å². The van der Waals surface area contributed by atoms with Crippen molar-refractivity contribution < 1.29 is 37.0 Å². The monoisotopic (exact) mass is 623 g/mol. The largest absolute Gasteiger partial charge is 0.573 e. The van der Waals surface area contributed by atoms with Crippen LogP contribution in [0.3, 0.4) is 0 Å². The Hall–Kier alpha value is -4.25. The molecule has 2 saturated heterocycles. The minimum Gasteiger partial charge on any atom is -0.497 e. The Morgan fingerprint density at radius 1 is 0.822 bits per heavy atom. The first-order chi connectivity index (χ1) is 21.6. The molecule has 1 aromatic heterocycles. The van der Waals surface area contributed by atoms with Crippen LogP contribution in [0.4, 0.5) is 13.2 Å². The topological polar surface area (TPSA) is 89.0 Å². The highest BCUT2D eigenvalue weighted by Gasteiger charge is 2.31. The van der Waals surface area contributed by atoms with Crippen LogP contribution >= 0.6 is 0 Å². The van der Waals surface area contributed by atoms with Crippen molar-refractivity contribution in [2.24, 2.45) is 11.8 Å². The van der Waals surface area contributed by atoms with Gasteiger partial charge in [-0.05, 0) is 98.8 Å². The molecule has 3 aromatic rings. The molecule has 2 aliphatic heterocycles. The number of halogens is 3. The quantitative estimate of drug-likeness (QED) is 0.248. The molecule has 238 valence electrons. The van der Waals surface area contributed by atoms with Gasteiger partial charge in [-0.1, -0.05) is 12.1 Å². The lowest BCUT2D eigenvalue weighted by Gasteiger charge is -2.31. The molecule has 0 N–H and O–H groups in total. The standard InChI is InChI=1S/C34H36F3N3O5/c1-44-28-9-4-25(5-10-28)32(42)26-14-18-40(19-15-26)33(43)30-11-6-27(21-38-30)31(41)20-23-12-16-39(17-13-23)22-24-2-7-29(8-3-24)45-34(35,36)37/h2-11,21,23,26H,12-20,22H2,1H3. The van der Waals surface area contributed by atoms with Crippen molar-refractivity contribution in [1.29, 1.82) is 0 Å². The first kappa shape index (κ1) is 32.2. The van der Waals surface area contributed by atoms with Crippen LogP contribution in [-0.4, -0.2) is 71.9 Å². The summed E-state index contributed by atoms with van der Waals surface area (Å²) in [6.07, 6.45) is -0.0236. The third-order valence-corrected chi connectivity index (χ3v) is 8.58. The number of methoxy groups -OCH3 is 1. The second-order valence-corrected chi connectivity index (χ2v) is 11.6. The van der Waals surface area contributed by atoms with E-state index in [-0.39, 0.29) is 40.8 Å². The number of amides is 1. The molecular weight excluding hydrogens is 587 g/mol. The van der Waals surface area contributed by atoms with Crippen molar-refractivity contribution >= 4 is 17.5 Å². The number of nitrogens with zero attached hydrogens (tertiary/aromatic N) is 3. The molecule has 8 nitrogen and oxygen atoms in total. The summed E-state index contributed by atoms with van der Waals surface area (Å²) in [6, 6.07) is 16.2. The fourth-order valence-corrected chi connectivity index (χ4v) is 5.97. The summed E-state index contributed by atoms with van der Waals surface area (Å²) in [5, 5.41) is 0. The molecule has 1 amide bonds. The zero-order valence-electron chi connectivity index (χ0n) is 25.1. The van der Waals surface area contributed by atoms with Gasteiger partial charge in [0.2, 0.25) is 0 Å². The van der Waals surface area contributed by atoms with Crippen LogP contribution in [0, 0.1) is 11.8 Å². The predicted molar refractivity (Wildman–Crippen MR) is 160 cm³/mol. The molecule has 45 heavy (non-hydrogen) atoms. The number of hydrogen-bond acceptors (Lipinski definition) is 7. The Morgan fingerprint density at radius 3 is 2.02 bits per heavy atom. The number of Topliss-reactive ketones (excluding diaryl/α,β-unsaturated/α-hetero) is 2. The van der Waals surface area contributed by atoms with E-state index < -0.39 is 6.36 Å². The number of pyridine rings is 1. The number of benzene rings is 2. The summed E-state index contributed by atoms with van der Waals surface area (Å²) in [6.45, 7) is 3.11. The number of carbonyl (C=O) groups is 3. The zero-order valence-corrected chi connectivity index (χ0v) is 25.1. The van der Waals surface area contributed by atoms with E-state index in [4.69, 9.17) is 4.74 Å². The van der Waals surface area contributed by atoms with Crippen molar-refractivity contribution in [2.45, 2.75) is 45.0 Å². The SMILES string of the molecule is COc1ccc(C(=O)C2CCN(C(=O)c3ccc(C(=O)CC4CCN(Cc5ccc(OC(F)(F)F)cc5)CC4)cn3)CC2)cc1. The van der Waals surface area contributed by atoms with Crippen LogP contribution < -0.4 is 9.47 Å². The normalized spacial score (nSPS) is 16.8. The first-order valence-electron chi connectivity index (χ1n) is 15.1. The van der Waals surface area contributed by atoms with E-state index in [9.17, 15) is 27.6 Å². The maximum atomic E-state index is 13.1. The third kappa shape index (κ3) is 8.69. The van der Waals surface area contributed by atoms with E-state index in [1.165, 1.54) is 18.3 Å². The number of carbonyl (C=O) groups excluding carboxylic acids is 3. The minimum atomic E-state index is -4.71. The van der Waals surface area contributed by atoms with Gasteiger partial charge < -0.3 is 14.4 Å². The molecule has 0 bridgehead atoms. The molecule has 2 aromatic carbocycles. The number of ketones is 2. The van der Waals surface area contributed by atoms with Gasteiger partial charge in [0.15, 0.2) is 11.6 Å². The van der Waals surface area contributed by atoms with Crippen LogP contribution in [0.15, 0.2) is 66.9 Å². The molecule has 0 saturated carbocycles. The van der Waals surface area contributed by atoms with Crippen molar-refractivity contribution in [3.05, 3.63) is 89.2 Å². The number of likely N-dealkylation sites (tertiary alicyclic amines) is 2. The van der Waals surface area contributed by atoms with E-state index >= 15 is 0 Å². The van der Waals surface area contributed by atoms with Crippen LogP contribution in [0.2, 0.25) is 0 Å². The fourth-order valence-electron chi connectivity index (χ4n) is 5.97. The smallest absolute Gasteiger partial charge is 0.497 e. The highest BCUT2D eigenvalue weighted by molar-refractivity contribution is 5.99. The lowest BCUT2D eigenvalue weighted by Crippen LogP contribution is -2.40. The molecule has 0 atom stereocenters. The number of piperidine rings is 2. The summed E-state index contributed by atoms with van der Waals surface area (Å²) < 4.78 is 46.2. The average molecular weight is 624 g/mol. The summed E-state index contributed by atoms with van der Waals surface area (Å²) >= 11 is 0. The van der Waals surface area contributed by atoms with Gasteiger partial charge in [0.1, 0.15) is 17.2 Å². The van der Waals surface area contributed by atoms with Gasteiger partial charge >= 0.3 is 6.36 Å². The van der Waals surface area contributed by atoms with Crippen LogP contribution in [0.25, 0.3) is 0 Å². The van der Waals surface area contributed by atoms with Crippen LogP contribution in [0.5, 0.6) is 11.5 Å². The molecule has 3 heterocycles. The lowest BCUT2D eigenvalue weighted by molar-refractivity contribution is -0.274. The van der Waals surface area contributed by atoms with Gasteiger partial charge in [0, 0.05) is 49.3 Å². The van der Waals surface area contributed by atoms with E-state index in [2.05, 4.69) is 14.6 Å². The Morgan fingerprint density at radius 2 is 1.44 bits per heavy atom. The van der Waals surface area contributed by atoms with Gasteiger partial charge in [-0.15, -0.1) is 13.2 Å². The van der Waals surface area contributed by atoms with Crippen molar-refractivity contribution in [3.8, 4) is 11.5 Å². The van der Waals surface area contributed by atoms with E-state index in [0.717, 1.165) is 31.5 Å². The zero-order chi connectivity index (χ0) is 32.0. The lowest BCUT2D eigenvalue weighted by atomic mass is 9.88.